The Morgan fingerprint density at radius 1 is 1.12 bits per heavy atom. The number of aromatic nitrogens is 4. The van der Waals surface area contributed by atoms with Gasteiger partial charge in [0.2, 0.25) is 5.91 Å². The average Bonchev–Trinajstić information content (AvgIpc) is 3.10. The fraction of sp³-hybridized carbons (Fsp3) is 0.125. The number of nitrogens with zero attached hydrogens (tertiary/aromatic N) is 4. The average molecular weight is 341 g/mol. The highest BCUT2D eigenvalue weighted by Crippen LogP contribution is 2.29. The zero-order chi connectivity index (χ0) is 16.8. The van der Waals surface area contributed by atoms with Crippen molar-refractivity contribution in [3.63, 3.8) is 0 Å². The highest BCUT2D eigenvalue weighted by atomic mass is 32.2. The zero-order valence-electron chi connectivity index (χ0n) is 12.9. The number of anilines is 1. The molecule has 122 valence electrons. The van der Waals surface area contributed by atoms with Crippen molar-refractivity contribution in [1.82, 2.24) is 20.2 Å². The summed E-state index contributed by atoms with van der Waals surface area (Å²) < 4.78 is 6.51. The Labute approximate surface area is 143 Å². The van der Waals surface area contributed by atoms with E-state index in [-0.39, 0.29) is 12.5 Å². The maximum atomic E-state index is 11.9. The molecular formula is C16H15N5O2S. The van der Waals surface area contributed by atoms with Gasteiger partial charge in [-0.1, -0.05) is 11.8 Å². The van der Waals surface area contributed by atoms with E-state index in [1.54, 1.807) is 18.9 Å². The van der Waals surface area contributed by atoms with Crippen LogP contribution >= 0.6 is 11.8 Å². The Hall–Kier alpha value is -2.87. The molecule has 3 aromatic rings. The number of ether oxygens (including phenoxy) is 1. The van der Waals surface area contributed by atoms with Gasteiger partial charge in [0, 0.05) is 15.5 Å². The number of carbonyl (C=O) groups is 1. The molecule has 2 aromatic carbocycles. The molecular weight excluding hydrogens is 326 g/mol. The molecule has 1 amide bonds. The lowest BCUT2D eigenvalue weighted by atomic mass is 10.3. The van der Waals surface area contributed by atoms with Gasteiger partial charge in [-0.2, -0.15) is 0 Å². The van der Waals surface area contributed by atoms with Crippen LogP contribution in [0.3, 0.4) is 0 Å². The standard InChI is InChI=1S/C16H15N5O2S/c1-23-13-4-8-15(9-5-13)24-14-6-2-12(3-7-14)18-16(22)10-21-11-17-19-20-21/h2-9,11H,10H2,1H3,(H,18,22). The van der Waals surface area contributed by atoms with Gasteiger partial charge in [0.15, 0.2) is 0 Å². The summed E-state index contributed by atoms with van der Waals surface area (Å²) in [5, 5.41) is 13.4. The van der Waals surface area contributed by atoms with Crippen molar-refractivity contribution in [2.24, 2.45) is 0 Å². The molecule has 0 atom stereocenters. The highest BCUT2D eigenvalue weighted by Gasteiger charge is 2.05. The predicted octanol–water partition coefficient (Wildman–Crippen LogP) is 2.47. The Morgan fingerprint density at radius 3 is 2.38 bits per heavy atom. The molecule has 0 unspecified atom stereocenters. The molecule has 0 spiro atoms. The van der Waals surface area contributed by atoms with Gasteiger partial charge in [-0.05, 0) is 59.0 Å². The van der Waals surface area contributed by atoms with Crippen molar-refractivity contribution in [3.05, 3.63) is 54.9 Å². The fourth-order valence-corrected chi connectivity index (χ4v) is 2.80. The van der Waals surface area contributed by atoms with Crippen molar-refractivity contribution in [2.45, 2.75) is 16.3 Å². The second-order valence-electron chi connectivity index (χ2n) is 4.86. The first-order chi connectivity index (χ1) is 11.7. The van der Waals surface area contributed by atoms with Crippen molar-refractivity contribution in [1.29, 1.82) is 0 Å². The Bertz CT molecular complexity index is 788. The third kappa shape index (κ3) is 4.32. The van der Waals surface area contributed by atoms with Crippen molar-refractivity contribution < 1.29 is 9.53 Å². The fourth-order valence-electron chi connectivity index (χ4n) is 1.99. The van der Waals surface area contributed by atoms with Gasteiger partial charge in [0.1, 0.15) is 18.6 Å². The number of methoxy groups -OCH3 is 1. The number of nitrogens with one attached hydrogen (secondary N) is 1. The van der Waals surface area contributed by atoms with Gasteiger partial charge in [-0.3, -0.25) is 4.79 Å². The Kier molecular flexibility index (Phi) is 5.07. The summed E-state index contributed by atoms with van der Waals surface area (Å²) >= 11 is 1.64. The Morgan fingerprint density at radius 2 is 1.79 bits per heavy atom. The minimum Gasteiger partial charge on any atom is -0.497 e. The minimum atomic E-state index is -0.183. The lowest BCUT2D eigenvalue weighted by Crippen LogP contribution is -2.19. The summed E-state index contributed by atoms with van der Waals surface area (Å²) in [5.74, 6) is 0.651. The van der Waals surface area contributed by atoms with Crippen LogP contribution in [0.2, 0.25) is 0 Å². The number of benzene rings is 2. The maximum Gasteiger partial charge on any atom is 0.246 e. The molecule has 0 bridgehead atoms. The summed E-state index contributed by atoms with van der Waals surface area (Å²) in [5.41, 5.74) is 0.729. The van der Waals surface area contributed by atoms with Crippen LogP contribution in [0.25, 0.3) is 0 Å². The maximum absolute atomic E-state index is 11.9. The molecule has 0 aliphatic carbocycles. The molecule has 3 rings (SSSR count). The van der Waals surface area contributed by atoms with Crippen LogP contribution in [-0.2, 0) is 11.3 Å². The van der Waals surface area contributed by atoms with Crippen molar-refractivity contribution in [3.8, 4) is 5.75 Å². The SMILES string of the molecule is COc1ccc(Sc2ccc(NC(=O)Cn3cnnn3)cc2)cc1. The summed E-state index contributed by atoms with van der Waals surface area (Å²) in [7, 11) is 1.65. The number of tetrazole rings is 1. The van der Waals surface area contributed by atoms with Crippen molar-refractivity contribution >= 4 is 23.4 Å². The predicted molar refractivity (Wildman–Crippen MR) is 90.0 cm³/mol. The van der Waals surface area contributed by atoms with Gasteiger partial charge in [0.05, 0.1) is 7.11 Å². The summed E-state index contributed by atoms with van der Waals surface area (Å²) in [6, 6.07) is 15.5. The van der Waals surface area contributed by atoms with Crippen LogP contribution in [0, 0.1) is 0 Å². The number of amides is 1. The van der Waals surface area contributed by atoms with E-state index in [2.05, 4.69) is 20.8 Å². The Balaban J connectivity index is 1.57. The third-order valence-corrected chi connectivity index (χ3v) is 4.15. The van der Waals surface area contributed by atoms with E-state index >= 15 is 0 Å². The molecule has 0 aliphatic heterocycles. The molecule has 0 aliphatic rings. The number of carbonyl (C=O) groups excluding carboxylic acids is 1. The zero-order valence-corrected chi connectivity index (χ0v) is 13.7. The molecule has 1 aromatic heterocycles. The molecule has 0 saturated heterocycles. The molecule has 1 heterocycles. The van der Waals surface area contributed by atoms with Crippen molar-refractivity contribution in [2.75, 3.05) is 12.4 Å². The van der Waals surface area contributed by atoms with E-state index in [9.17, 15) is 4.79 Å². The van der Waals surface area contributed by atoms with Gasteiger partial charge in [0.25, 0.3) is 0 Å². The van der Waals surface area contributed by atoms with Crippen LogP contribution in [0.15, 0.2) is 64.6 Å². The summed E-state index contributed by atoms with van der Waals surface area (Å²) in [6.45, 7) is 0.0787. The van der Waals surface area contributed by atoms with Gasteiger partial charge in [-0.15, -0.1) is 5.10 Å². The largest absolute Gasteiger partial charge is 0.497 e. The number of rotatable bonds is 6. The van der Waals surface area contributed by atoms with Crippen LogP contribution in [0.5, 0.6) is 5.75 Å². The molecule has 7 nitrogen and oxygen atoms in total. The lowest BCUT2D eigenvalue weighted by molar-refractivity contribution is -0.116. The minimum absolute atomic E-state index is 0.0787. The van der Waals surface area contributed by atoms with Gasteiger partial charge >= 0.3 is 0 Å². The molecule has 0 fully saturated rings. The molecule has 1 N–H and O–H groups in total. The van der Waals surface area contributed by atoms with Crippen LogP contribution in [-0.4, -0.2) is 33.2 Å². The van der Waals surface area contributed by atoms with E-state index in [1.807, 2.05) is 48.5 Å². The highest BCUT2D eigenvalue weighted by molar-refractivity contribution is 7.99. The van der Waals surface area contributed by atoms with E-state index in [0.717, 1.165) is 21.2 Å². The first kappa shape index (κ1) is 16.0. The van der Waals surface area contributed by atoms with E-state index in [0.29, 0.717) is 0 Å². The van der Waals surface area contributed by atoms with Gasteiger partial charge in [-0.25, -0.2) is 4.68 Å². The quantitative estimate of drug-likeness (QED) is 0.742. The molecule has 24 heavy (non-hydrogen) atoms. The van der Waals surface area contributed by atoms with Crippen LogP contribution < -0.4 is 10.1 Å². The van der Waals surface area contributed by atoms with Crippen LogP contribution in [0.1, 0.15) is 0 Å². The first-order valence-corrected chi connectivity index (χ1v) is 7.97. The first-order valence-electron chi connectivity index (χ1n) is 7.15. The van der Waals surface area contributed by atoms with E-state index in [1.165, 1.54) is 11.0 Å². The second kappa shape index (κ2) is 7.60. The topological polar surface area (TPSA) is 81.9 Å². The van der Waals surface area contributed by atoms with Crippen LogP contribution in [0.4, 0.5) is 5.69 Å². The molecule has 0 radical (unpaired) electrons. The lowest BCUT2D eigenvalue weighted by Gasteiger charge is -2.07. The van der Waals surface area contributed by atoms with E-state index in [4.69, 9.17) is 4.74 Å². The number of hydrogen-bond donors (Lipinski definition) is 1. The molecule has 8 heteroatoms. The van der Waals surface area contributed by atoms with Gasteiger partial charge < -0.3 is 10.1 Å². The normalized spacial score (nSPS) is 10.4. The third-order valence-electron chi connectivity index (χ3n) is 3.13. The number of hydrogen-bond acceptors (Lipinski definition) is 6. The second-order valence-corrected chi connectivity index (χ2v) is 6.00. The summed E-state index contributed by atoms with van der Waals surface area (Å²) in [4.78, 5) is 14.1. The van der Waals surface area contributed by atoms with E-state index < -0.39 is 0 Å². The molecule has 0 saturated carbocycles. The smallest absolute Gasteiger partial charge is 0.246 e. The monoisotopic (exact) mass is 341 g/mol. The summed E-state index contributed by atoms with van der Waals surface area (Å²) in [6.07, 6.45) is 1.40.